The predicted molar refractivity (Wildman–Crippen MR) is 188 cm³/mol. The molecule has 3 aromatic rings. The van der Waals surface area contributed by atoms with Crippen LogP contribution in [-0.4, -0.2) is 67.4 Å². The molecule has 0 aliphatic carbocycles. The zero-order chi connectivity index (χ0) is 34.8. The molecule has 1 fully saturated rings. The van der Waals surface area contributed by atoms with E-state index in [2.05, 4.69) is 31.9 Å². The number of ether oxygens (including phenoxy) is 5. The first-order valence-electron chi connectivity index (χ1n) is 16.3. The van der Waals surface area contributed by atoms with Gasteiger partial charge in [0.05, 0.1) is 18.4 Å². The maximum Gasteiger partial charge on any atom is 0.310 e. The molecule has 0 bridgehead atoms. The fourth-order valence-corrected chi connectivity index (χ4v) is 7.02. The number of aliphatic hydroxyl groups excluding tert-OH is 1. The highest BCUT2D eigenvalue weighted by molar-refractivity contribution is 9.10. The van der Waals surface area contributed by atoms with Gasteiger partial charge in [0, 0.05) is 22.5 Å². The van der Waals surface area contributed by atoms with Crippen molar-refractivity contribution in [1.82, 2.24) is 0 Å². The highest BCUT2D eigenvalue weighted by Crippen LogP contribution is 2.32. The molecule has 7 atom stereocenters. The first-order chi connectivity index (χ1) is 23.7. The number of carbonyl (C=O) groups is 3. The van der Waals surface area contributed by atoms with E-state index in [1.165, 1.54) is 7.11 Å². The van der Waals surface area contributed by atoms with Gasteiger partial charge >= 0.3 is 17.9 Å². The van der Waals surface area contributed by atoms with Crippen molar-refractivity contribution in [2.24, 2.45) is 11.8 Å². The minimum Gasteiger partial charge on any atom is -0.455 e. The molecule has 5 rings (SSSR count). The summed E-state index contributed by atoms with van der Waals surface area (Å²) >= 11 is 7.01. The molecular weight excluding hydrogens is 760 g/mol. The molecule has 2 aliphatic rings. The molecule has 3 aromatic carbocycles. The number of rotatable bonds is 10. The third-order valence-corrected chi connectivity index (χ3v) is 9.64. The quantitative estimate of drug-likeness (QED) is 0.143. The second-order valence-electron chi connectivity index (χ2n) is 12.2. The van der Waals surface area contributed by atoms with Crippen LogP contribution in [0.2, 0.25) is 0 Å². The zero-order valence-electron chi connectivity index (χ0n) is 27.1. The second-order valence-corrected chi connectivity index (χ2v) is 14.0. The molecule has 9 nitrogen and oxygen atoms in total. The van der Waals surface area contributed by atoms with Gasteiger partial charge in [-0.15, -0.1) is 0 Å². The van der Waals surface area contributed by atoms with Crippen LogP contribution in [0.15, 0.2) is 100.0 Å². The molecule has 11 heteroatoms. The summed E-state index contributed by atoms with van der Waals surface area (Å²) in [6.45, 7) is -0.569. The van der Waals surface area contributed by atoms with Gasteiger partial charge in [0.15, 0.2) is 24.6 Å². The monoisotopic (exact) mass is 798 g/mol. The SMILES string of the molecule is CO[C@H]1O[C@H](CO)[C@@H](OC(=O)CCc2ccccc2)[C@@H]2OC(=O)[C@H](Cc3cccc(Br)c3)C/C=C/C[C@@H](Cc3cccc(Br)c3)C(=O)O[C@@H]12. The number of aryl methyl sites for hydroxylation is 1. The van der Waals surface area contributed by atoms with E-state index in [1.54, 1.807) is 0 Å². The summed E-state index contributed by atoms with van der Waals surface area (Å²) in [5.74, 6) is -2.91. The lowest BCUT2D eigenvalue weighted by molar-refractivity contribution is -0.304. The topological polar surface area (TPSA) is 118 Å². The Bertz CT molecular complexity index is 1600. The minimum absolute atomic E-state index is 0.0303. The molecule has 2 heterocycles. The number of allylic oxidation sites excluding steroid dienone is 2. The summed E-state index contributed by atoms with van der Waals surface area (Å²) in [6.07, 6.45) is -0.543. The average Bonchev–Trinajstić information content (AvgIpc) is 3.09. The van der Waals surface area contributed by atoms with Gasteiger partial charge in [-0.1, -0.05) is 98.6 Å². The van der Waals surface area contributed by atoms with Crippen LogP contribution in [0, 0.1) is 11.8 Å². The van der Waals surface area contributed by atoms with Crippen molar-refractivity contribution >= 4 is 49.8 Å². The number of carbonyl (C=O) groups excluding carboxylic acids is 3. The smallest absolute Gasteiger partial charge is 0.310 e. The van der Waals surface area contributed by atoms with E-state index in [0.29, 0.717) is 32.1 Å². The van der Waals surface area contributed by atoms with Gasteiger partial charge in [0.2, 0.25) is 0 Å². The number of methoxy groups -OCH3 is 1. The molecule has 49 heavy (non-hydrogen) atoms. The summed E-state index contributed by atoms with van der Waals surface area (Å²) in [5.41, 5.74) is 2.80. The molecule has 0 unspecified atom stereocenters. The molecule has 260 valence electrons. The molecule has 0 radical (unpaired) electrons. The fourth-order valence-electron chi connectivity index (χ4n) is 6.12. The van der Waals surface area contributed by atoms with Gasteiger partial charge in [-0.3, -0.25) is 14.4 Å². The van der Waals surface area contributed by atoms with Crippen LogP contribution in [0.1, 0.15) is 36.0 Å². The first-order valence-corrected chi connectivity index (χ1v) is 17.9. The first kappa shape index (κ1) is 36.9. The molecular formula is C38H40Br2O9. The van der Waals surface area contributed by atoms with Crippen LogP contribution in [0.3, 0.4) is 0 Å². The Balaban J connectivity index is 1.48. The van der Waals surface area contributed by atoms with Crippen molar-refractivity contribution in [3.63, 3.8) is 0 Å². The van der Waals surface area contributed by atoms with Crippen LogP contribution in [0.25, 0.3) is 0 Å². The maximum atomic E-state index is 14.0. The fraction of sp³-hybridized carbons (Fsp3) is 0.395. The van der Waals surface area contributed by atoms with Gasteiger partial charge in [-0.25, -0.2) is 0 Å². The molecule has 0 saturated carbocycles. The lowest BCUT2D eigenvalue weighted by Gasteiger charge is -2.44. The molecule has 0 aromatic heterocycles. The molecule has 1 N–H and O–H groups in total. The van der Waals surface area contributed by atoms with Gasteiger partial charge in [-0.05, 0) is 73.1 Å². The number of esters is 3. The number of halogens is 2. The van der Waals surface area contributed by atoms with Crippen LogP contribution < -0.4 is 0 Å². The van der Waals surface area contributed by atoms with Crippen LogP contribution in [-0.2, 0) is 57.3 Å². The van der Waals surface area contributed by atoms with Gasteiger partial charge in [0.25, 0.3) is 0 Å². The Hall–Kier alpha value is -3.35. The van der Waals surface area contributed by atoms with Crippen molar-refractivity contribution in [2.75, 3.05) is 13.7 Å². The molecule has 1 saturated heterocycles. The maximum absolute atomic E-state index is 14.0. The van der Waals surface area contributed by atoms with Crippen molar-refractivity contribution < 1.29 is 43.2 Å². The Kier molecular flexibility index (Phi) is 13.6. The molecule has 0 spiro atoms. The highest BCUT2D eigenvalue weighted by atomic mass is 79.9. The van der Waals surface area contributed by atoms with Gasteiger partial charge in [-0.2, -0.15) is 0 Å². The number of fused-ring (bicyclic) bond motifs is 1. The van der Waals surface area contributed by atoms with Crippen molar-refractivity contribution in [3.8, 4) is 0 Å². The Morgan fingerprint density at radius 1 is 0.796 bits per heavy atom. The Morgan fingerprint density at radius 3 is 1.88 bits per heavy atom. The highest BCUT2D eigenvalue weighted by Gasteiger charge is 2.53. The van der Waals surface area contributed by atoms with Crippen molar-refractivity contribution in [2.45, 2.75) is 69.2 Å². The van der Waals surface area contributed by atoms with E-state index in [9.17, 15) is 19.5 Å². The average molecular weight is 801 g/mol. The lowest BCUT2D eigenvalue weighted by Crippen LogP contribution is -2.63. The third kappa shape index (κ3) is 10.3. The normalized spacial score (nSPS) is 26.7. The van der Waals surface area contributed by atoms with Gasteiger partial charge < -0.3 is 28.8 Å². The Labute approximate surface area is 303 Å². The predicted octanol–water partition coefficient (Wildman–Crippen LogP) is 6.31. The van der Waals surface area contributed by atoms with Crippen molar-refractivity contribution in [3.05, 3.63) is 117 Å². The molecule has 2 aliphatic heterocycles. The lowest BCUT2D eigenvalue weighted by atomic mass is 9.92. The summed E-state index contributed by atoms with van der Waals surface area (Å²) in [5, 5.41) is 10.4. The minimum atomic E-state index is -1.33. The van der Waals surface area contributed by atoms with Crippen LogP contribution in [0.4, 0.5) is 0 Å². The summed E-state index contributed by atoms with van der Waals surface area (Å²) in [4.78, 5) is 41.2. The standard InChI is InChI=1S/C38H40Br2O9/c1-45-38-35-34(33(31(23-41)46-38)47-32(42)18-17-24-9-3-2-4-10-24)48-36(43)27(19-25-11-7-15-29(39)21-25)13-5-6-14-28(37(44)49-35)20-26-12-8-16-30(40)22-26/h2-12,15-16,21-22,27-28,31,33-35,38,41H,13-14,17-20,23H2,1H3/b6-5+/t27-,28-,31+,33+,34-,35+,38-/m0/s1. The van der Waals surface area contributed by atoms with E-state index in [1.807, 2.05) is 91.0 Å². The summed E-state index contributed by atoms with van der Waals surface area (Å²) in [6, 6.07) is 24.9. The van der Waals surface area contributed by atoms with E-state index in [-0.39, 0.29) is 6.42 Å². The summed E-state index contributed by atoms with van der Waals surface area (Å²) in [7, 11) is 1.37. The third-order valence-electron chi connectivity index (χ3n) is 8.65. The van der Waals surface area contributed by atoms with E-state index < -0.39 is 67.1 Å². The van der Waals surface area contributed by atoms with E-state index >= 15 is 0 Å². The van der Waals surface area contributed by atoms with E-state index in [0.717, 1.165) is 25.6 Å². The zero-order valence-corrected chi connectivity index (χ0v) is 30.3. The van der Waals surface area contributed by atoms with Crippen LogP contribution >= 0.6 is 31.9 Å². The van der Waals surface area contributed by atoms with Gasteiger partial charge in [0.1, 0.15) is 6.10 Å². The van der Waals surface area contributed by atoms with Crippen LogP contribution in [0.5, 0.6) is 0 Å². The second kappa shape index (κ2) is 18.1. The largest absolute Gasteiger partial charge is 0.455 e. The number of hydrogen-bond acceptors (Lipinski definition) is 9. The van der Waals surface area contributed by atoms with Crippen molar-refractivity contribution in [1.29, 1.82) is 0 Å². The number of benzene rings is 3. The number of aliphatic hydroxyl groups is 1. The number of hydrogen-bond donors (Lipinski definition) is 1. The Morgan fingerprint density at radius 2 is 1.35 bits per heavy atom. The van der Waals surface area contributed by atoms with E-state index in [4.69, 9.17) is 23.7 Å². The molecule has 0 amide bonds. The summed E-state index contributed by atoms with van der Waals surface area (Å²) < 4.78 is 31.6.